The molecule has 0 fully saturated rings. The number of fused-ring (bicyclic) bond motifs is 1. The van der Waals surface area contributed by atoms with Crippen LogP contribution in [0, 0.1) is 11.3 Å². The van der Waals surface area contributed by atoms with Crippen molar-refractivity contribution < 1.29 is 4.79 Å². The highest BCUT2D eigenvalue weighted by atomic mass is 32.1. The van der Waals surface area contributed by atoms with Crippen molar-refractivity contribution in [3.63, 3.8) is 0 Å². The second-order valence-electron chi connectivity index (χ2n) is 6.67. The molecule has 0 atom stereocenters. The topological polar surface area (TPSA) is 52.9 Å². The number of nitrogens with one attached hydrogen (secondary N) is 1. The molecule has 0 spiro atoms. The van der Waals surface area contributed by atoms with E-state index < -0.39 is 0 Å². The fraction of sp³-hybridized carbons (Fsp3) is 0.333. The van der Waals surface area contributed by atoms with Crippen LogP contribution >= 0.6 is 11.3 Å². The summed E-state index contributed by atoms with van der Waals surface area (Å²) in [7, 11) is 0. The van der Waals surface area contributed by atoms with Crippen LogP contribution in [-0.2, 0) is 17.6 Å². The molecule has 0 bridgehead atoms. The maximum absolute atomic E-state index is 12.2. The Morgan fingerprint density at radius 3 is 2.64 bits per heavy atom. The van der Waals surface area contributed by atoms with Gasteiger partial charge in [0.15, 0.2) is 0 Å². The summed E-state index contributed by atoms with van der Waals surface area (Å²) in [6, 6.07) is 10.5. The van der Waals surface area contributed by atoms with Gasteiger partial charge in [-0.25, -0.2) is 0 Å². The van der Waals surface area contributed by atoms with Gasteiger partial charge < -0.3 is 5.32 Å². The van der Waals surface area contributed by atoms with Crippen LogP contribution in [0.4, 0.5) is 5.00 Å². The maximum Gasteiger partial charge on any atom is 0.249 e. The third-order valence-corrected chi connectivity index (χ3v) is 5.76. The van der Waals surface area contributed by atoms with Gasteiger partial charge in [-0.1, -0.05) is 38.1 Å². The number of aryl methyl sites for hydroxylation is 1. The summed E-state index contributed by atoms with van der Waals surface area (Å²) in [5, 5.41) is 13.0. The fourth-order valence-corrected chi connectivity index (χ4v) is 4.33. The maximum atomic E-state index is 12.2. The number of carbonyl (C=O) groups is 1. The van der Waals surface area contributed by atoms with Crippen LogP contribution in [0.5, 0.6) is 0 Å². The summed E-state index contributed by atoms with van der Waals surface area (Å²) in [6.07, 6.45) is 7.59. The van der Waals surface area contributed by atoms with E-state index in [1.807, 2.05) is 12.1 Å². The minimum absolute atomic E-state index is 0.192. The van der Waals surface area contributed by atoms with Crippen LogP contribution < -0.4 is 5.32 Å². The zero-order valence-corrected chi connectivity index (χ0v) is 15.5. The lowest BCUT2D eigenvalue weighted by Crippen LogP contribution is -2.07. The second-order valence-corrected chi connectivity index (χ2v) is 7.78. The van der Waals surface area contributed by atoms with E-state index in [1.165, 1.54) is 16.5 Å². The number of benzene rings is 1. The summed E-state index contributed by atoms with van der Waals surface area (Å²) in [5.74, 6) is 0.304. The van der Waals surface area contributed by atoms with Crippen LogP contribution in [0.3, 0.4) is 0 Å². The predicted molar refractivity (Wildman–Crippen MR) is 104 cm³/mol. The van der Waals surface area contributed by atoms with E-state index in [0.29, 0.717) is 16.5 Å². The Labute approximate surface area is 153 Å². The molecule has 3 nitrogen and oxygen atoms in total. The molecule has 0 unspecified atom stereocenters. The third-order valence-electron chi connectivity index (χ3n) is 4.55. The van der Waals surface area contributed by atoms with Crippen molar-refractivity contribution in [1.82, 2.24) is 0 Å². The Hall–Kier alpha value is -2.38. The zero-order chi connectivity index (χ0) is 17.8. The minimum atomic E-state index is -0.192. The Morgan fingerprint density at radius 2 is 1.96 bits per heavy atom. The first-order valence-corrected chi connectivity index (χ1v) is 9.54. The van der Waals surface area contributed by atoms with Gasteiger partial charge in [-0.3, -0.25) is 4.79 Å². The molecule has 1 amide bonds. The molecule has 1 heterocycles. The van der Waals surface area contributed by atoms with Crippen LogP contribution in [0.2, 0.25) is 0 Å². The standard InChI is InChI=1S/C21H22N2OS/c1-14(2)16-10-7-15(8-11-16)9-12-20(24)23-21-18(13-22)17-5-3-4-6-19(17)25-21/h7-12,14H,3-6H2,1-2H3,(H,23,24)/b12-9+. The number of anilines is 1. The Bertz CT molecular complexity index is 838. The van der Waals surface area contributed by atoms with E-state index in [4.69, 9.17) is 0 Å². The van der Waals surface area contributed by atoms with Gasteiger partial charge in [0.2, 0.25) is 5.91 Å². The van der Waals surface area contributed by atoms with Crippen LogP contribution in [-0.4, -0.2) is 5.91 Å². The SMILES string of the molecule is CC(C)c1ccc(/C=C/C(=O)Nc2sc3c(c2C#N)CCCC3)cc1. The van der Waals surface area contributed by atoms with E-state index in [1.54, 1.807) is 17.4 Å². The van der Waals surface area contributed by atoms with Gasteiger partial charge in [-0.05, 0) is 54.4 Å². The van der Waals surface area contributed by atoms with Gasteiger partial charge in [-0.15, -0.1) is 11.3 Å². The van der Waals surface area contributed by atoms with Crippen molar-refractivity contribution in [1.29, 1.82) is 5.26 Å². The molecule has 3 rings (SSSR count). The van der Waals surface area contributed by atoms with Crippen molar-refractivity contribution >= 4 is 28.3 Å². The van der Waals surface area contributed by atoms with Gasteiger partial charge in [-0.2, -0.15) is 5.26 Å². The van der Waals surface area contributed by atoms with Crippen molar-refractivity contribution in [2.24, 2.45) is 0 Å². The molecule has 0 radical (unpaired) electrons. The first-order chi connectivity index (χ1) is 12.1. The Balaban J connectivity index is 1.70. The van der Waals surface area contributed by atoms with Crippen molar-refractivity contribution in [3.05, 3.63) is 57.5 Å². The lowest BCUT2D eigenvalue weighted by Gasteiger charge is -2.09. The molecule has 0 aliphatic heterocycles. The monoisotopic (exact) mass is 350 g/mol. The van der Waals surface area contributed by atoms with Gasteiger partial charge in [0.1, 0.15) is 11.1 Å². The molecule has 0 saturated carbocycles. The smallest absolute Gasteiger partial charge is 0.249 e. The molecule has 1 aliphatic rings. The van der Waals surface area contributed by atoms with Crippen LogP contribution in [0.1, 0.15) is 59.7 Å². The van der Waals surface area contributed by atoms with E-state index in [-0.39, 0.29) is 5.91 Å². The molecule has 25 heavy (non-hydrogen) atoms. The second kappa shape index (κ2) is 7.67. The fourth-order valence-electron chi connectivity index (χ4n) is 3.09. The number of nitrogens with zero attached hydrogens (tertiary/aromatic N) is 1. The van der Waals surface area contributed by atoms with Gasteiger partial charge in [0, 0.05) is 11.0 Å². The average molecular weight is 350 g/mol. The number of nitriles is 1. The highest BCUT2D eigenvalue weighted by Gasteiger charge is 2.21. The zero-order valence-electron chi connectivity index (χ0n) is 14.6. The van der Waals surface area contributed by atoms with Crippen molar-refractivity contribution in [2.75, 3.05) is 5.32 Å². The molecule has 128 valence electrons. The molecule has 1 aliphatic carbocycles. The molecular formula is C21H22N2OS. The molecule has 4 heteroatoms. The molecule has 1 aromatic heterocycles. The van der Waals surface area contributed by atoms with E-state index in [0.717, 1.165) is 36.8 Å². The highest BCUT2D eigenvalue weighted by Crippen LogP contribution is 2.37. The quantitative estimate of drug-likeness (QED) is 0.763. The largest absolute Gasteiger partial charge is 0.313 e. The summed E-state index contributed by atoms with van der Waals surface area (Å²) in [6.45, 7) is 4.32. The summed E-state index contributed by atoms with van der Waals surface area (Å²) in [5.41, 5.74) is 4.07. The first-order valence-electron chi connectivity index (χ1n) is 8.72. The number of hydrogen-bond acceptors (Lipinski definition) is 3. The third kappa shape index (κ3) is 4.00. The number of rotatable bonds is 4. The van der Waals surface area contributed by atoms with Gasteiger partial charge in [0.05, 0.1) is 5.56 Å². The van der Waals surface area contributed by atoms with E-state index >= 15 is 0 Å². The van der Waals surface area contributed by atoms with Crippen molar-refractivity contribution in [2.45, 2.75) is 45.4 Å². The van der Waals surface area contributed by atoms with Gasteiger partial charge in [0.25, 0.3) is 0 Å². The minimum Gasteiger partial charge on any atom is -0.313 e. The highest BCUT2D eigenvalue weighted by molar-refractivity contribution is 7.16. The van der Waals surface area contributed by atoms with E-state index in [2.05, 4.69) is 37.4 Å². The van der Waals surface area contributed by atoms with Crippen LogP contribution in [0.25, 0.3) is 6.08 Å². The molecule has 1 N–H and O–H groups in total. The normalized spacial score (nSPS) is 13.7. The molecule has 2 aromatic rings. The van der Waals surface area contributed by atoms with Gasteiger partial charge >= 0.3 is 0 Å². The average Bonchev–Trinajstić information content (AvgIpc) is 2.97. The number of carbonyl (C=O) groups excluding carboxylic acids is 1. The molecular weight excluding hydrogens is 328 g/mol. The Kier molecular flexibility index (Phi) is 5.35. The number of hydrogen-bond donors (Lipinski definition) is 1. The Morgan fingerprint density at radius 1 is 1.24 bits per heavy atom. The lowest BCUT2D eigenvalue weighted by atomic mass is 9.96. The summed E-state index contributed by atoms with van der Waals surface area (Å²) >= 11 is 1.55. The van der Waals surface area contributed by atoms with Crippen LogP contribution in [0.15, 0.2) is 30.3 Å². The first kappa shape index (κ1) is 17.4. The molecule has 0 saturated heterocycles. The molecule has 1 aromatic carbocycles. The van der Waals surface area contributed by atoms with E-state index in [9.17, 15) is 10.1 Å². The lowest BCUT2D eigenvalue weighted by molar-refractivity contribution is -0.111. The predicted octanol–water partition coefficient (Wildman–Crippen LogP) is 5.27. The number of amides is 1. The summed E-state index contributed by atoms with van der Waals surface area (Å²) in [4.78, 5) is 13.5. The number of thiophene rings is 1. The summed E-state index contributed by atoms with van der Waals surface area (Å²) < 4.78 is 0. The van der Waals surface area contributed by atoms with Crippen molar-refractivity contribution in [3.8, 4) is 6.07 Å².